The summed E-state index contributed by atoms with van der Waals surface area (Å²) in [6.07, 6.45) is 3.73. The second-order valence-electron chi connectivity index (χ2n) is 11.4. The molecule has 1 amide bonds. The van der Waals surface area contributed by atoms with E-state index in [1.807, 2.05) is 74.5 Å². The van der Waals surface area contributed by atoms with Crippen LogP contribution in [0.2, 0.25) is 0 Å². The third kappa shape index (κ3) is 10.9. The zero-order valence-electron chi connectivity index (χ0n) is 27.8. The van der Waals surface area contributed by atoms with E-state index in [0.717, 1.165) is 47.9 Å². The molecule has 0 radical (unpaired) electrons. The molecule has 0 bridgehead atoms. The van der Waals surface area contributed by atoms with E-state index in [4.69, 9.17) is 22.1 Å². The molecule has 6 rings (SSSR count). The Morgan fingerprint density at radius 2 is 1.16 bits per heavy atom. The first kappa shape index (κ1) is 43.8. The van der Waals surface area contributed by atoms with Crippen molar-refractivity contribution in [1.82, 2.24) is 5.32 Å². The first-order valence-electron chi connectivity index (χ1n) is 15.3. The summed E-state index contributed by atoms with van der Waals surface area (Å²) in [5, 5.41) is 2.69. The molecule has 3 N–H and O–H groups in total. The fourth-order valence-corrected chi connectivity index (χ4v) is 5.95. The number of carbonyl (C=O) groups excluding carboxylic acids is 4. The first-order chi connectivity index (χ1) is 22.5. The van der Waals surface area contributed by atoms with Crippen molar-refractivity contribution in [3.05, 3.63) is 141 Å². The molecule has 0 aromatic heterocycles. The number of fused-ring (bicyclic) bond motifs is 2. The largest absolute Gasteiger partial charge is 0.465 e. The minimum Gasteiger partial charge on any atom is -0.465 e. The van der Waals surface area contributed by atoms with Crippen LogP contribution in [0.5, 0.6) is 0 Å². The Hall–Kier alpha value is -4.21. The van der Waals surface area contributed by atoms with Crippen molar-refractivity contribution in [3.8, 4) is 0 Å². The Kier molecular flexibility index (Phi) is 17.9. The average Bonchev–Trinajstić information content (AvgIpc) is 3.66. The van der Waals surface area contributed by atoms with E-state index < -0.39 is 5.24 Å². The molecule has 268 valence electrons. The molecule has 50 heavy (non-hydrogen) atoms. The van der Waals surface area contributed by atoms with Gasteiger partial charge < -0.3 is 20.5 Å². The molecule has 0 saturated heterocycles. The number of ether oxygens (including phenoxy) is 2. The molecule has 4 aromatic rings. The second kappa shape index (κ2) is 20.5. The number of amides is 1. The van der Waals surface area contributed by atoms with Gasteiger partial charge in [0.15, 0.2) is 0 Å². The number of aryl methyl sites for hydroxylation is 4. The minimum absolute atomic E-state index is 0. The Morgan fingerprint density at radius 1 is 0.700 bits per heavy atom. The molecule has 0 saturated carbocycles. The van der Waals surface area contributed by atoms with E-state index in [2.05, 4.69) is 10.1 Å². The average molecular weight is 744 g/mol. The number of nitrogens with one attached hydrogen (secondary N) is 1. The number of hydrogen-bond donors (Lipinski definition) is 2. The number of benzene rings is 4. The zero-order valence-corrected chi connectivity index (χ0v) is 30.2. The number of nitrogens with two attached hydrogens (primary N) is 1. The number of rotatable bonds is 5. The van der Waals surface area contributed by atoms with Gasteiger partial charge in [-0.25, -0.2) is 9.59 Å². The van der Waals surface area contributed by atoms with Gasteiger partial charge in [0.25, 0.3) is 11.1 Å². The Balaban J connectivity index is 0.000000398. The summed E-state index contributed by atoms with van der Waals surface area (Å²) in [6.45, 7) is 3.78. The number of esters is 2. The molecule has 0 spiro atoms. The van der Waals surface area contributed by atoms with Gasteiger partial charge in [-0.05, 0) is 121 Å². The maximum absolute atomic E-state index is 12.5. The quantitative estimate of drug-likeness (QED) is 0.155. The van der Waals surface area contributed by atoms with Gasteiger partial charge in [0, 0.05) is 17.2 Å². The van der Waals surface area contributed by atoms with E-state index in [1.165, 1.54) is 25.3 Å². The lowest BCUT2D eigenvalue weighted by Crippen LogP contribution is -2.27. The fraction of sp³-hybridized carbons (Fsp3) is 0.282. The maximum Gasteiger partial charge on any atom is 0.337 e. The summed E-state index contributed by atoms with van der Waals surface area (Å²) in [7, 11) is 2.75. The van der Waals surface area contributed by atoms with Crippen LogP contribution < -0.4 is 11.1 Å². The van der Waals surface area contributed by atoms with Crippen LogP contribution in [0.15, 0.2) is 84.9 Å². The third-order valence-electron chi connectivity index (χ3n) is 8.39. The number of methoxy groups -OCH3 is 2. The zero-order chi connectivity index (χ0) is 34.1. The molecule has 2 aliphatic rings. The van der Waals surface area contributed by atoms with Crippen molar-refractivity contribution < 1.29 is 28.7 Å². The van der Waals surface area contributed by atoms with Crippen molar-refractivity contribution in [3.63, 3.8) is 0 Å². The van der Waals surface area contributed by atoms with Crippen LogP contribution in [0.4, 0.5) is 0 Å². The van der Waals surface area contributed by atoms with Crippen LogP contribution in [-0.4, -0.2) is 37.3 Å². The summed E-state index contributed by atoms with van der Waals surface area (Å²) in [4.78, 5) is 46.1. The number of halogens is 3. The molecule has 2 atom stereocenters. The molecule has 2 aliphatic carbocycles. The summed E-state index contributed by atoms with van der Waals surface area (Å²) in [6, 6.07) is 25.9. The second-order valence-corrected chi connectivity index (χ2v) is 11.8. The molecule has 0 unspecified atom stereocenters. The molecule has 4 aromatic carbocycles. The predicted molar refractivity (Wildman–Crippen MR) is 203 cm³/mol. The topological polar surface area (TPSA) is 125 Å². The van der Waals surface area contributed by atoms with Crippen LogP contribution in [0, 0.1) is 13.8 Å². The van der Waals surface area contributed by atoms with E-state index in [1.54, 1.807) is 24.3 Å². The lowest BCUT2D eigenvalue weighted by atomic mass is 10.0. The van der Waals surface area contributed by atoms with Gasteiger partial charge in [0.05, 0.1) is 31.4 Å². The maximum atomic E-state index is 12.5. The highest BCUT2D eigenvalue weighted by Gasteiger charge is 2.26. The standard InChI is InChI=1S/C19H19NO3.C11H13NO2.C8H7ClO.CH4.2ClH/c1-12-5-3-4-6-15(12)18(21)20-17-10-9-13-7-8-14(11-16(13)17)19(22)23-2;1-14-11(13)8-3-2-7-4-5-10(12)9(7)6-8;1-6-4-2-3-5-7(6)8(9)10;;;/h3-8,11,17H,9-10H2,1-2H3,(H,20,21);2-3,6,10H,4-5,12H2,1H3;2-5H,1H3;1H4;2*1H/t17-;10-;;;;/m11..../s1. The monoisotopic (exact) mass is 742 g/mol. The van der Waals surface area contributed by atoms with Crippen molar-refractivity contribution >= 4 is 59.5 Å². The molecular formula is C39H45Cl3N2O6. The number of hydrogen-bond acceptors (Lipinski definition) is 7. The SMILES string of the molecule is C.COC(=O)c1ccc2c(c1)[C@H](N)CC2.COC(=O)c1ccc2c(c1)[C@H](NC(=O)c1ccccc1C)CC2.Cc1ccccc1C(=O)Cl.Cl.Cl. The summed E-state index contributed by atoms with van der Waals surface area (Å²) < 4.78 is 9.42. The van der Waals surface area contributed by atoms with E-state index in [9.17, 15) is 19.2 Å². The summed E-state index contributed by atoms with van der Waals surface area (Å²) >= 11 is 5.27. The minimum atomic E-state index is -0.391. The molecule has 8 nitrogen and oxygen atoms in total. The highest BCUT2D eigenvalue weighted by molar-refractivity contribution is 6.67. The highest BCUT2D eigenvalue weighted by Crippen LogP contribution is 2.33. The van der Waals surface area contributed by atoms with E-state index in [0.29, 0.717) is 22.3 Å². The van der Waals surface area contributed by atoms with Crippen molar-refractivity contribution in [2.24, 2.45) is 5.73 Å². The Bertz CT molecular complexity index is 1800. The summed E-state index contributed by atoms with van der Waals surface area (Å²) in [5.74, 6) is -0.736. The molecule has 0 heterocycles. The van der Waals surface area contributed by atoms with Crippen LogP contribution in [-0.2, 0) is 22.3 Å². The molecule has 11 heteroatoms. The molecule has 0 aliphatic heterocycles. The third-order valence-corrected chi connectivity index (χ3v) is 8.59. The molecular weight excluding hydrogens is 699 g/mol. The van der Waals surface area contributed by atoms with Gasteiger partial charge in [-0.2, -0.15) is 0 Å². The number of carbonyl (C=O) groups is 4. The fourth-order valence-electron chi connectivity index (χ4n) is 5.73. The van der Waals surface area contributed by atoms with E-state index >= 15 is 0 Å². The normalized spacial score (nSPS) is 14.5. The van der Waals surface area contributed by atoms with Gasteiger partial charge in [0.1, 0.15) is 0 Å². The van der Waals surface area contributed by atoms with Gasteiger partial charge in [-0.3, -0.25) is 9.59 Å². The highest BCUT2D eigenvalue weighted by atomic mass is 35.5. The van der Waals surface area contributed by atoms with E-state index in [-0.39, 0.29) is 62.2 Å². The van der Waals surface area contributed by atoms with Gasteiger partial charge >= 0.3 is 11.9 Å². The molecule has 0 fully saturated rings. The van der Waals surface area contributed by atoms with Crippen molar-refractivity contribution in [2.75, 3.05) is 14.2 Å². The Morgan fingerprint density at radius 3 is 1.64 bits per heavy atom. The smallest absolute Gasteiger partial charge is 0.337 e. The van der Waals surface area contributed by atoms with Gasteiger partial charge in [-0.1, -0.05) is 56.0 Å². The van der Waals surface area contributed by atoms with Crippen molar-refractivity contribution in [2.45, 2.75) is 59.0 Å². The van der Waals surface area contributed by atoms with Gasteiger partial charge in [0.2, 0.25) is 0 Å². The predicted octanol–water partition coefficient (Wildman–Crippen LogP) is 8.47. The van der Waals surface area contributed by atoms with Crippen LogP contribution in [0.25, 0.3) is 0 Å². The summed E-state index contributed by atoms with van der Waals surface area (Å²) in [5.41, 5.74) is 14.7. The first-order valence-corrected chi connectivity index (χ1v) is 15.7. The van der Waals surface area contributed by atoms with Gasteiger partial charge in [-0.15, -0.1) is 24.8 Å². The van der Waals surface area contributed by atoms with Crippen LogP contribution >= 0.6 is 36.4 Å². The van der Waals surface area contributed by atoms with Crippen LogP contribution in [0.3, 0.4) is 0 Å². The lowest BCUT2D eigenvalue weighted by Gasteiger charge is -2.16. The lowest BCUT2D eigenvalue weighted by molar-refractivity contribution is 0.0591. The Labute approximate surface area is 311 Å². The van der Waals surface area contributed by atoms with Crippen molar-refractivity contribution in [1.29, 1.82) is 0 Å². The van der Waals surface area contributed by atoms with Crippen LogP contribution in [0.1, 0.15) is 107 Å².